The van der Waals surface area contributed by atoms with E-state index in [-0.39, 0.29) is 16.6 Å². The summed E-state index contributed by atoms with van der Waals surface area (Å²) in [5, 5.41) is 19.4. The topological polar surface area (TPSA) is 66.8 Å². The molecule has 2 atom stereocenters. The van der Waals surface area contributed by atoms with E-state index in [0.29, 0.717) is 4.47 Å². The van der Waals surface area contributed by atoms with E-state index in [2.05, 4.69) is 36.6 Å². The van der Waals surface area contributed by atoms with Gasteiger partial charge in [-0.25, -0.2) is 9.18 Å². The number of carbonyl (C=O) groups is 1. The molecule has 0 saturated heterocycles. The summed E-state index contributed by atoms with van der Waals surface area (Å²) in [7, 11) is 0. The SMILES string of the molecule is CCOC(=O)C(O)C(O)c1c(F)cc(Br)cc1Br. The first kappa shape index (κ1) is 15.6. The Kier molecular flexibility index (Phi) is 5.71. The zero-order valence-electron chi connectivity index (χ0n) is 9.36. The smallest absolute Gasteiger partial charge is 0.338 e. The first-order valence-corrected chi connectivity index (χ1v) is 6.64. The lowest BCUT2D eigenvalue weighted by atomic mass is 10.0. The van der Waals surface area contributed by atoms with Crippen LogP contribution in [-0.4, -0.2) is 28.9 Å². The van der Waals surface area contributed by atoms with E-state index in [0.717, 1.165) is 6.07 Å². The van der Waals surface area contributed by atoms with Crippen molar-refractivity contribution in [3.63, 3.8) is 0 Å². The second-order valence-corrected chi connectivity index (χ2v) is 5.19. The molecule has 0 fully saturated rings. The predicted octanol–water partition coefficient (Wildman–Crippen LogP) is 2.31. The number of esters is 1. The minimum absolute atomic E-state index is 0.0621. The van der Waals surface area contributed by atoms with Crippen LogP contribution in [0.5, 0.6) is 0 Å². The minimum Gasteiger partial charge on any atom is -0.464 e. The number of rotatable bonds is 4. The molecule has 18 heavy (non-hydrogen) atoms. The van der Waals surface area contributed by atoms with Gasteiger partial charge in [0.15, 0.2) is 6.10 Å². The average molecular weight is 386 g/mol. The molecule has 0 aliphatic rings. The van der Waals surface area contributed by atoms with E-state index in [9.17, 15) is 19.4 Å². The van der Waals surface area contributed by atoms with Crippen molar-refractivity contribution in [3.8, 4) is 0 Å². The number of hydrogen-bond acceptors (Lipinski definition) is 4. The van der Waals surface area contributed by atoms with Gasteiger partial charge < -0.3 is 14.9 Å². The highest BCUT2D eigenvalue weighted by atomic mass is 79.9. The molecule has 0 aliphatic heterocycles. The van der Waals surface area contributed by atoms with Gasteiger partial charge in [0.1, 0.15) is 11.9 Å². The Morgan fingerprint density at radius 1 is 1.44 bits per heavy atom. The van der Waals surface area contributed by atoms with Crippen molar-refractivity contribution >= 4 is 37.8 Å². The average Bonchev–Trinajstić information content (AvgIpc) is 2.26. The normalized spacial score (nSPS) is 14.1. The van der Waals surface area contributed by atoms with Crippen molar-refractivity contribution in [2.45, 2.75) is 19.1 Å². The fraction of sp³-hybridized carbons (Fsp3) is 0.364. The van der Waals surface area contributed by atoms with E-state index in [1.165, 1.54) is 6.07 Å². The van der Waals surface area contributed by atoms with E-state index in [1.807, 2.05) is 0 Å². The Hall–Kier alpha value is -0.500. The molecule has 7 heteroatoms. The summed E-state index contributed by atoms with van der Waals surface area (Å²) in [6, 6.07) is 2.63. The van der Waals surface area contributed by atoms with E-state index in [1.54, 1.807) is 6.92 Å². The first-order valence-electron chi connectivity index (χ1n) is 5.05. The Balaban J connectivity index is 3.03. The molecule has 0 radical (unpaired) electrons. The third-order valence-corrected chi connectivity index (χ3v) is 3.28. The van der Waals surface area contributed by atoms with Crippen LogP contribution in [0.15, 0.2) is 21.1 Å². The molecule has 0 aromatic heterocycles. The third kappa shape index (κ3) is 3.50. The Labute approximate surface area is 120 Å². The van der Waals surface area contributed by atoms with E-state index in [4.69, 9.17) is 0 Å². The van der Waals surface area contributed by atoms with Gasteiger partial charge in [0.25, 0.3) is 0 Å². The monoisotopic (exact) mass is 384 g/mol. The molecule has 2 unspecified atom stereocenters. The molecule has 4 nitrogen and oxygen atoms in total. The van der Waals surface area contributed by atoms with Crippen LogP contribution in [0.4, 0.5) is 4.39 Å². The van der Waals surface area contributed by atoms with Crippen molar-refractivity contribution in [2.75, 3.05) is 6.61 Å². The summed E-state index contributed by atoms with van der Waals surface area (Å²) < 4.78 is 18.9. The number of benzene rings is 1. The van der Waals surface area contributed by atoms with Crippen molar-refractivity contribution in [1.82, 2.24) is 0 Å². The highest BCUT2D eigenvalue weighted by molar-refractivity contribution is 9.11. The predicted molar refractivity (Wildman–Crippen MR) is 69.4 cm³/mol. The van der Waals surface area contributed by atoms with Crippen LogP contribution in [0.3, 0.4) is 0 Å². The quantitative estimate of drug-likeness (QED) is 0.780. The maximum absolute atomic E-state index is 13.7. The maximum atomic E-state index is 13.7. The molecule has 0 heterocycles. The molecule has 0 aliphatic carbocycles. The van der Waals surface area contributed by atoms with Crippen LogP contribution in [0.1, 0.15) is 18.6 Å². The molecule has 0 bridgehead atoms. The standard InChI is InChI=1S/C11H11Br2FO4/c1-2-18-11(17)10(16)9(15)8-6(13)3-5(12)4-7(8)14/h3-4,9-10,15-16H,2H2,1H3. The summed E-state index contributed by atoms with van der Waals surface area (Å²) in [5.74, 6) is -1.74. The zero-order chi connectivity index (χ0) is 13.9. The van der Waals surface area contributed by atoms with Crippen LogP contribution < -0.4 is 0 Å². The second-order valence-electron chi connectivity index (χ2n) is 3.42. The Morgan fingerprint density at radius 3 is 2.56 bits per heavy atom. The molecule has 1 rings (SSSR count). The minimum atomic E-state index is -1.84. The second kappa shape index (κ2) is 6.60. The molecular formula is C11H11Br2FO4. The number of ether oxygens (including phenoxy) is 1. The summed E-state index contributed by atoms with van der Waals surface area (Å²) in [5.41, 5.74) is -0.196. The van der Waals surface area contributed by atoms with Gasteiger partial charge in [0.2, 0.25) is 0 Å². The molecule has 0 saturated carbocycles. The highest BCUT2D eigenvalue weighted by Crippen LogP contribution is 2.31. The molecule has 1 aromatic rings. The van der Waals surface area contributed by atoms with Gasteiger partial charge in [-0.1, -0.05) is 31.9 Å². The molecule has 2 N–H and O–H groups in total. The number of aliphatic hydroxyl groups excluding tert-OH is 2. The van der Waals surface area contributed by atoms with Crippen LogP contribution in [0, 0.1) is 5.82 Å². The molecule has 0 amide bonds. The molecular weight excluding hydrogens is 375 g/mol. The third-order valence-electron chi connectivity index (χ3n) is 2.17. The summed E-state index contributed by atoms with van der Waals surface area (Å²) in [4.78, 5) is 11.3. The first-order chi connectivity index (χ1) is 8.38. The summed E-state index contributed by atoms with van der Waals surface area (Å²) >= 11 is 6.14. The van der Waals surface area contributed by atoms with Gasteiger partial charge in [-0.05, 0) is 19.1 Å². The molecule has 0 spiro atoms. The van der Waals surface area contributed by atoms with Crippen molar-refractivity contribution in [1.29, 1.82) is 0 Å². The lowest BCUT2D eigenvalue weighted by Gasteiger charge is -2.18. The number of carbonyl (C=O) groups excluding carboxylic acids is 1. The van der Waals surface area contributed by atoms with Gasteiger partial charge >= 0.3 is 5.97 Å². The summed E-state index contributed by atoms with van der Waals surface area (Å²) in [6.07, 6.45) is -3.54. The van der Waals surface area contributed by atoms with Crippen LogP contribution in [-0.2, 0) is 9.53 Å². The van der Waals surface area contributed by atoms with Gasteiger partial charge in [0, 0.05) is 14.5 Å². The fourth-order valence-corrected chi connectivity index (χ4v) is 2.76. The summed E-state index contributed by atoms with van der Waals surface area (Å²) in [6.45, 7) is 1.62. The van der Waals surface area contributed by atoms with E-state index >= 15 is 0 Å². The Morgan fingerprint density at radius 2 is 2.06 bits per heavy atom. The van der Waals surface area contributed by atoms with Gasteiger partial charge in [0.05, 0.1) is 6.61 Å². The highest BCUT2D eigenvalue weighted by Gasteiger charge is 2.30. The number of hydrogen-bond donors (Lipinski definition) is 2. The Bertz CT molecular complexity index is 430. The lowest BCUT2D eigenvalue weighted by molar-refractivity contribution is -0.159. The maximum Gasteiger partial charge on any atom is 0.338 e. The zero-order valence-corrected chi connectivity index (χ0v) is 12.5. The van der Waals surface area contributed by atoms with Crippen molar-refractivity contribution in [2.24, 2.45) is 0 Å². The van der Waals surface area contributed by atoms with Gasteiger partial charge in [-0.3, -0.25) is 0 Å². The lowest BCUT2D eigenvalue weighted by Crippen LogP contribution is -2.30. The van der Waals surface area contributed by atoms with Crippen molar-refractivity contribution in [3.05, 3.63) is 32.5 Å². The van der Waals surface area contributed by atoms with Crippen molar-refractivity contribution < 1.29 is 24.1 Å². The van der Waals surface area contributed by atoms with Gasteiger partial charge in [-0.15, -0.1) is 0 Å². The number of aliphatic hydroxyl groups is 2. The van der Waals surface area contributed by atoms with Crippen LogP contribution >= 0.6 is 31.9 Å². The van der Waals surface area contributed by atoms with Gasteiger partial charge in [-0.2, -0.15) is 0 Å². The fourth-order valence-electron chi connectivity index (χ4n) is 1.35. The molecule has 100 valence electrons. The van der Waals surface area contributed by atoms with Crippen LogP contribution in [0.25, 0.3) is 0 Å². The molecule has 1 aromatic carbocycles. The van der Waals surface area contributed by atoms with E-state index < -0.39 is 24.0 Å². The largest absolute Gasteiger partial charge is 0.464 e. The van der Waals surface area contributed by atoms with Crippen LogP contribution in [0.2, 0.25) is 0 Å². The number of halogens is 3.